The van der Waals surface area contributed by atoms with Crippen molar-refractivity contribution in [2.45, 2.75) is 6.04 Å². The molecule has 1 atom stereocenters. The second kappa shape index (κ2) is 4.85. The lowest BCUT2D eigenvalue weighted by atomic mass is 10.1. The minimum Gasteiger partial charge on any atom is -0.336 e. The number of hydrogen-bond donors (Lipinski definition) is 1. The van der Waals surface area contributed by atoms with Crippen LogP contribution in [-0.2, 0) is 7.05 Å². The zero-order valence-corrected chi connectivity index (χ0v) is 10.4. The molecule has 0 radical (unpaired) electrons. The van der Waals surface area contributed by atoms with Crippen molar-refractivity contribution in [2.75, 3.05) is 7.05 Å². The molecular formula is C12H13ClFN3. The molecule has 0 aliphatic heterocycles. The Bertz CT molecular complexity index is 524. The van der Waals surface area contributed by atoms with Crippen LogP contribution in [0.1, 0.15) is 17.4 Å². The van der Waals surface area contributed by atoms with Gasteiger partial charge in [-0.25, -0.2) is 9.37 Å². The highest BCUT2D eigenvalue weighted by Crippen LogP contribution is 2.24. The van der Waals surface area contributed by atoms with Gasteiger partial charge < -0.3 is 9.88 Å². The summed E-state index contributed by atoms with van der Waals surface area (Å²) in [6, 6.07) is 4.37. The summed E-state index contributed by atoms with van der Waals surface area (Å²) in [5.74, 6) is 0.425. The standard InChI is InChI=1S/C12H13ClFN3/c1-15-11(12-16-5-6-17(12)2)9-4-3-8(13)7-10(9)14/h3-7,11,15H,1-2H3. The first kappa shape index (κ1) is 12.1. The van der Waals surface area contributed by atoms with Gasteiger partial charge in [0.2, 0.25) is 0 Å². The fraction of sp³-hybridized carbons (Fsp3) is 0.250. The summed E-state index contributed by atoms with van der Waals surface area (Å²) in [4.78, 5) is 4.23. The third-order valence-corrected chi connectivity index (χ3v) is 2.91. The number of nitrogens with zero attached hydrogens (tertiary/aromatic N) is 2. The maximum absolute atomic E-state index is 13.8. The first-order valence-electron chi connectivity index (χ1n) is 5.23. The molecular weight excluding hydrogens is 241 g/mol. The van der Waals surface area contributed by atoms with E-state index < -0.39 is 0 Å². The zero-order valence-electron chi connectivity index (χ0n) is 9.61. The minimum atomic E-state index is -0.333. The predicted octanol–water partition coefficient (Wildman–Crippen LogP) is 2.52. The smallest absolute Gasteiger partial charge is 0.130 e. The Morgan fingerprint density at radius 3 is 2.76 bits per heavy atom. The van der Waals surface area contributed by atoms with Gasteiger partial charge in [-0.3, -0.25) is 0 Å². The van der Waals surface area contributed by atoms with E-state index >= 15 is 0 Å². The van der Waals surface area contributed by atoms with Gasteiger partial charge in [-0.05, 0) is 19.2 Å². The van der Waals surface area contributed by atoms with Crippen LogP contribution in [0.2, 0.25) is 5.02 Å². The maximum atomic E-state index is 13.8. The molecule has 17 heavy (non-hydrogen) atoms. The van der Waals surface area contributed by atoms with Gasteiger partial charge in [0.05, 0.1) is 6.04 Å². The van der Waals surface area contributed by atoms with Gasteiger partial charge in [0.1, 0.15) is 11.6 Å². The van der Waals surface area contributed by atoms with Gasteiger partial charge in [0, 0.05) is 30.0 Å². The van der Waals surface area contributed by atoms with Crippen LogP contribution >= 0.6 is 11.6 Å². The number of halogens is 2. The van der Waals surface area contributed by atoms with E-state index in [2.05, 4.69) is 10.3 Å². The van der Waals surface area contributed by atoms with E-state index in [1.54, 1.807) is 25.4 Å². The molecule has 0 saturated carbocycles. The number of imidazole rings is 1. The van der Waals surface area contributed by atoms with Crippen molar-refractivity contribution in [2.24, 2.45) is 7.05 Å². The molecule has 1 heterocycles. The van der Waals surface area contributed by atoms with E-state index in [4.69, 9.17) is 11.6 Å². The van der Waals surface area contributed by atoms with E-state index in [0.717, 1.165) is 5.82 Å². The molecule has 0 saturated heterocycles. The van der Waals surface area contributed by atoms with Crippen LogP contribution in [0, 0.1) is 5.82 Å². The number of aryl methyl sites for hydroxylation is 1. The van der Waals surface area contributed by atoms with Gasteiger partial charge in [0.15, 0.2) is 0 Å². The lowest BCUT2D eigenvalue weighted by Crippen LogP contribution is -2.22. The monoisotopic (exact) mass is 253 g/mol. The van der Waals surface area contributed by atoms with Gasteiger partial charge in [-0.2, -0.15) is 0 Å². The van der Waals surface area contributed by atoms with E-state index in [1.807, 2.05) is 17.8 Å². The van der Waals surface area contributed by atoms with Crippen LogP contribution in [0.5, 0.6) is 0 Å². The van der Waals surface area contributed by atoms with E-state index in [-0.39, 0.29) is 11.9 Å². The average molecular weight is 254 g/mol. The fourth-order valence-electron chi connectivity index (χ4n) is 1.81. The van der Waals surface area contributed by atoms with Crippen LogP contribution in [-0.4, -0.2) is 16.6 Å². The molecule has 1 unspecified atom stereocenters. The number of benzene rings is 1. The SMILES string of the molecule is CNC(c1ccc(Cl)cc1F)c1nccn1C. The summed E-state index contributed by atoms with van der Waals surface area (Å²) in [6.07, 6.45) is 3.51. The summed E-state index contributed by atoms with van der Waals surface area (Å²) in [5.41, 5.74) is 0.534. The first-order chi connectivity index (χ1) is 8.13. The normalized spacial score (nSPS) is 12.7. The van der Waals surface area contributed by atoms with Gasteiger partial charge in [0.25, 0.3) is 0 Å². The molecule has 1 aromatic carbocycles. The molecule has 90 valence electrons. The predicted molar refractivity (Wildman–Crippen MR) is 65.5 cm³/mol. The lowest BCUT2D eigenvalue weighted by molar-refractivity contribution is 0.553. The molecule has 0 aliphatic rings. The van der Waals surface area contributed by atoms with E-state index in [9.17, 15) is 4.39 Å². The summed E-state index contributed by atoms with van der Waals surface area (Å²) in [6.45, 7) is 0. The molecule has 0 bridgehead atoms. The molecule has 2 aromatic rings. The molecule has 2 rings (SSSR count). The highest BCUT2D eigenvalue weighted by Gasteiger charge is 2.19. The molecule has 1 N–H and O–H groups in total. The molecule has 0 spiro atoms. The quantitative estimate of drug-likeness (QED) is 0.911. The summed E-state index contributed by atoms with van der Waals surface area (Å²) in [5, 5.41) is 3.45. The number of rotatable bonds is 3. The second-order valence-electron chi connectivity index (χ2n) is 3.78. The van der Waals surface area contributed by atoms with Crippen molar-refractivity contribution in [1.82, 2.24) is 14.9 Å². The molecule has 1 aromatic heterocycles. The molecule has 0 fully saturated rings. The molecule has 5 heteroatoms. The fourth-order valence-corrected chi connectivity index (χ4v) is 1.97. The third-order valence-electron chi connectivity index (χ3n) is 2.68. The largest absolute Gasteiger partial charge is 0.336 e. The van der Waals surface area contributed by atoms with Crippen LogP contribution in [0.3, 0.4) is 0 Å². The average Bonchev–Trinajstić information content (AvgIpc) is 2.69. The Morgan fingerprint density at radius 1 is 1.47 bits per heavy atom. The Labute approximate surface area is 104 Å². The number of aromatic nitrogens is 2. The van der Waals surface area contributed by atoms with Gasteiger partial charge >= 0.3 is 0 Å². The Kier molecular flexibility index (Phi) is 3.45. The van der Waals surface area contributed by atoms with E-state index in [0.29, 0.717) is 10.6 Å². The molecule has 3 nitrogen and oxygen atoms in total. The highest BCUT2D eigenvalue weighted by atomic mass is 35.5. The van der Waals surface area contributed by atoms with Crippen molar-refractivity contribution >= 4 is 11.6 Å². The summed E-state index contributed by atoms with van der Waals surface area (Å²) in [7, 11) is 3.65. The summed E-state index contributed by atoms with van der Waals surface area (Å²) >= 11 is 5.74. The van der Waals surface area contributed by atoms with Crippen molar-refractivity contribution < 1.29 is 4.39 Å². The Morgan fingerprint density at radius 2 is 2.24 bits per heavy atom. The number of hydrogen-bond acceptors (Lipinski definition) is 2. The van der Waals surface area contributed by atoms with Crippen molar-refractivity contribution in [3.63, 3.8) is 0 Å². The Balaban J connectivity index is 2.46. The van der Waals surface area contributed by atoms with Crippen molar-refractivity contribution in [3.8, 4) is 0 Å². The number of nitrogens with one attached hydrogen (secondary N) is 1. The summed E-state index contributed by atoms with van der Waals surface area (Å²) < 4.78 is 15.7. The van der Waals surface area contributed by atoms with Crippen molar-refractivity contribution in [1.29, 1.82) is 0 Å². The van der Waals surface area contributed by atoms with Crippen molar-refractivity contribution in [3.05, 3.63) is 52.8 Å². The maximum Gasteiger partial charge on any atom is 0.130 e. The van der Waals surface area contributed by atoms with Crippen LogP contribution in [0.15, 0.2) is 30.6 Å². The molecule has 0 amide bonds. The van der Waals surface area contributed by atoms with Gasteiger partial charge in [-0.15, -0.1) is 0 Å². The second-order valence-corrected chi connectivity index (χ2v) is 4.22. The van der Waals surface area contributed by atoms with Crippen LogP contribution < -0.4 is 5.32 Å². The lowest BCUT2D eigenvalue weighted by Gasteiger charge is -2.17. The molecule has 0 aliphatic carbocycles. The Hall–Kier alpha value is -1.39. The highest BCUT2D eigenvalue weighted by molar-refractivity contribution is 6.30. The van der Waals surface area contributed by atoms with Crippen LogP contribution in [0.25, 0.3) is 0 Å². The minimum absolute atomic E-state index is 0.285. The first-order valence-corrected chi connectivity index (χ1v) is 5.60. The third kappa shape index (κ3) is 2.33. The van der Waals surface area contributed by atoms with E-state index in [1.165, 1.54) is 6.07 Å². The topological polar surface area (TPSA) is 29.9 Å². The van der Waals surface area contributed by atoms with Crippen LogP contribution in [0.4, 0.5) is 4.39 Å². The van der Waals surface area contributed by atoms with Gasteiger partial charge in [-0.1, -0.05) is 17.7 Å². The zero-order chi connectivity index (χ0) is 12.4.